The molecule has 2 saturated heterocycles. The van der Waals surface area contributed by atoms with Crippen molar-refractivity contribution in [3.8, 4) is 0 Å². The van der Waals surface area contributed by atoms with Crippen LogP contribution in [0.25, 0.3) is 11.2 Å². The van der Waals surface area contributed by atoms with E-state index in [0.717, 1.165) is 24.3 Å². The van der Waals surface area contributed by atoms with Crippen molar-refractivity contribution in [1.29, 1.82) is 0 Å². The molecule has 2 aromatic rings. The fourth-order valence-electron chi connectivity index (χ4n) is 4.21. The van der Waals surface area contributed by atoms with Crippen LogP contribution in [0.15, 0.2) is 18.3 Å². The molecule has 1 N–H and O–H groups in total. The van der Waals surface area contributed by atoms with Crippen LogP contribution in [-0.2, 0) is 0 Å². The molecule has 0 aromatic carbocycles. The predicted molar refractivity (Wildman–Crippen MR) is 92.3 cm³/mol. The molecule has 2 aliphatic rings. The maximum atomic E-state index is 5.03. The Balaban J connectivity index is 1.81. The highest BCUT2D eigenvalue weighted by Gasteiger charge is 2.30. The number of nitrogens with one attached hydrogen (secondary N) is 1. The van der Waals surface area contributed by atoms with E-state index in [4.69, 9.17) is 4.98 Å². The molecule has 5 nitrogen and oxygen atoms in total. The number of imidazole rings is 1. The molecule has 0 bridgehead atoms. The molecule has 0 saturated carbocycles. The van der Waals surface area contributed by atoms with Crippen LogP contribution in [-0.4, -0.2) is 39.1 Å². The van der Waals surface area contributed by atoms with Crippen LogP contribution in [0.4, 0.5) is 0 Å². The van der Waals surface area contributed by atoms with Gasteiger partial charge in [0.2, 0.25) is 0 Å². The van der Waals surface area contributed by atoms with Crippen molar-refractivity contribution in [2.45, 2.75) is 57.7 Å². The summed E-state index contributed by atoms with van der Waals surface area (Å²) in [6.45, 7) is 5.65. The Hall–Kier alpha value is -1.46. The quantitative estimate of drug-likeness (QED) is 0.945. The number of piperidine rings is 2. The summed E-state index contributed by atoms with van der Waals surface area (Å²) in [5.41, 5.74) is 2.08. The second kappa shape index (κ2) is 6.57. The minimum atomic E-state index is 0.347. The Labute approximate surface area is 138 Å². The lowest BCUT2D eigenvalue weighted by molar-refractivity contribution is 0.142. The van der Waals surface area contributed by atoms with E-state index in [1.807, 2.05) is 12.3 Å². The molecule has 2 atom stereocenters. The highest BCUT2D eigenvalue weighted by Crippen LogP contribution is 2.34. The van der Waals surface area contributed by atoms with Gasteiger partial charge in [0.15, 0.2) is 5.65 Å². The SMILES string of the molecule is CCN1CCCCC1c1nc2cccnc2n1C1CCCCN1. The van der Waals surface area contributed by atoms with Gasteiger partial charge >= 0.3 is 0 Å². The first-order valence-corrected chi connectivity index (χ1v) is 9.18. The summed E-state index contributed by atoms with van der Waals surface area (Å²) in [4.78, 5) is 12.3. The van der Waals surface area contributed by atoms with E-state index in [9.17, 15) is 0 Å². The van der Waals surface area contributed by atoms with E-state index in [-0.39, 0.29) is 0 Å². The zero-order valence-electron chi connectivity index (χ0n) is 14.0. The van der Waals surface area contributed by atoms with Gasteiger partial charge in [-0.1, -0.05) is 13.3 Å². The Morgan fingerprint density at radius 1 is 1.22 bits per heavy atom. The fourth-order valence-corrected chi connectivity index (χ4v) is 4.21. The molecule has 4 rings (SSSR count). The summed E-state index contributed by atoms with van der Waals surface area (Å²) in [5.74, 6) is 1.22. The van der Waals surface area contributed by atoms with Crippen molar-refractivity contribution in [2.24, 2.45) is 0 Å². The van der Waals surface area contributed by atoms with Gasteiger partial charge in [0.1, 0.15) is 11.3 Å². The largest absolute Gasteiger partial charge is 0.297 e. The molecular formula is C18H27N5. The smallest absolute Gasteiger partial charge is 0.161 e. The van der Waals surface area contributed by atoms with Crippen LogP contribution in [0.3, 0.4) is 0 Å². The Morgan fingerprint density at radius 3 is 2.96 bits per heavy atom. The number of likely N-dealkylation sites (tertiary alicyclic amines) is 1. The number of hydrogen-bond acceptors (Lipinski definition) is 4. The highest BCUT2D eigenvalue weighted by molar-refractivity contribution is 5.71. The van der Waals surface area contributed by atoms with Gasteiger partial charge in [0.25, 0.3) is 0 Å². The van der Waals surface area contributed by atoms with Gasteiger partial charge in [0, 0.05) is 6.20 Å². The van der Waals surface area contributed by atoms with Gasteiger partial charge in [-0.3, -0.25) is 14.8 Å². The molecule has 0 radical (unpaired) electrons. The van der Waals surface area contributed by atoms with Crippen molar-refractivity contribution < 1.29 is 0 Å². The van der Waals surface area contributed by atoms with Crippen LogP contribution in [0, 0.1) is 0 Å². The molecule has 2 unspecified atom stereocenters. The normalized spacial score (nSPS) is 26.7. The average molecular weight is 313 g/mol. The third-order valence-electron chi connectivity index (χ3n) is 5.39. The zero-order valence-corrected chi connectivity index (χ0v) is 14.0. The van der Waals surface area contributed by atoms with Gasteiger partial charge < -0.3 is 0 Å². The first-order valence-electron chi connectivity index (χ1n) is 9.18. The molecule has 5 heteroatoms. The summed E-state index contributed by atoms with van der Waals surface area (Å²) in [7, 11) is 0. The minimum Gasteiger partial charge on any atom is -0.297 e. The molecule has 2 aliphatic heterocycles. The number of pyridine rings is 1. The number of hydrogen-bond donors (Lipinski definition) is 1. The fraction of sp³-hybridized carbons (Fsp3) is 0.667. The van der Waals surface area contributed by atoms with Crippen LogP contribution in [0.2, 0.25) is 0 Å². The first-order chi connectivity index (χ1) is 11.4. The topological polar surface area (TPSA) is 46.0 Å². The highest BCUT2D eigenvalue weighted by atomic mass is 15.3. The molecule has 23 heavy (non-hydrogen) atoms. The first kappa shape index (κ1) is 15.1. The van der Waals surface area contributed by atoms with Crippen LogP contribution in [0.5, 0.6) is 0 Å². The second-order valence-electron chi connectivity index (χ2n) is 6.79. The molecule has 0 amide bonds. The summed E-state index contributed by atoms with van der Waals surface area (Å²) >= 11 is 0. The van der Waals surface area contributed by atoms with Crippen molar-refractivity contribution in [1.82, 2.24) is 24.8 Å². The summed E-state index contributed by atoms with van der Waals surface area (Å²) < 4.78 is 2.41. The maximum absolute atomic E-state index is 5.03. The van der Waals surface area contributed by atoms with E-state index in [1.54, 1.807) is 0 Å². The maximum Gasteiger partial charge on any atom is 0.161 e. The standard InChI is InChI=1S/C18H27N5/c1-2-22-13-6-4-9-15(22)18-21-14-8-7-12-20-17(14)23(18)16-10-3-5-11-19-16/h7-8,12,15-16,19H,2-6,9-11,13H2,1H3. The molecule has 4 heterocycles. The monoisotopic (exact) mass is 313 g/mol. The molecular weight excluding hydrogens is 286 g/mol. The van der Waals surface area contributed by atoms with Crippen LogP contribution >= 0.6 is 0 Å². The molecule has 124 valence electrons. The summed E-state index contributed by atoms with van der Waals surface area (Å²) in [5, 5.41) is 3.69. The molecule has 0 aliphatic carbocycles. The lowest BCUT2D eigenvalue weighted by Gasteiger charge is -2.36. The van der Waals surface area contributed by atoms with E-state index in [2.05, 4.69) is 32.8 Å². The molecule has 0 spiro atoms. The van der Waals surface area contributed by atoms with Gasteiger partial charge in [0.05, 0.1) is 12.2 Å². The Morgan fingerprint density at radius 2 is 2.13 bits per heavy atom. The van der Waals surface area contributed by atoms with E-state index >= 15 is 0 Å². The third-order valence-corrected chi connectivity index (χ3v) is 5.39. The number of rotatable bonds is 3. The van der Waals surface area contributed by atoms with Gasteiger partial charge in [-0.25, -0.2) is 9.97 Å². The van der Waals surface area contributed by atoms with Gasteiger partial charge in [-0.2, -0.15) is 0 Å². The number of nitrogens with zero attached hydrogens (tertiary/aromatic N) is 4. The zero-order chi connectivity index (χ0) is 15.6. The van der Waals surface area contributed by atoms with E-state index in [1.165, 1.54) is 50.9 Å². The van der Waals surface area contributed by atoms with Crippen molar-refractivity contribution in [3.63, 3.8) is 0 Å². The Bertz CT molecular complexity index is 658. The van der Waals surface area contributed by atoms with Crippen molar-refractivity contribution >= 4 is 11.2 Å². The molecule has 2 fully saturated rings. The van der Waals surface area contributed by atoms with E-state index in [0.29, 0.717) is 12.2 Å². The van der Waals surface area contributed by atoms with E-state index < -0.39 is 0 Å². The predicted octanol–water partition coefficient (Wildman–Crippen LogP) is 3.25. The van der Waals surface area contributed by atoms with Crippen LogP contribution < -0.4 is 5.32 Å². The lowest BCUT2D eigenvalue weighted by Crippen LogP contribution is -2.38. The molecule has 2 aromatic heterocycles. The third kappa shape index (κ3) is 2.76. The van der Waals surface area contributed by atoms with Crippen LogP contribution in [0.1, 0.15) is 63.5 Å². The summed E-state index contributed by atoms with van der Waals surface area (Å²) in [6.07, 6.45) is 9.80. The second-order valence-corrected chi connectivity index (χ2v) is 6.79. The van der Waals surface area contributed by atoms with Crippen molar-refractivity contribution in [2.75, 3.05) is 19.6 Å². The number of fused-ring (bicyclic) bond motifs is 1. The van der Waals surface area contributed by atoms with Gasteiger partial charge in [-0.05, 0) is 63.9 Å². The summed E-state index contributed by atoms with van der Waals surface area (Å²) in [6, 6.07) is 4.53. The number of aromatic nitrogens is 3. The Kier molecular flexibility index (Phi) is 4.31. The lowest BCUT2D eigenvalue weighted by atomic mass is 10.0. The van der Waals surface area contributed by atoms with Crippen molar-refractivity contribution in [3.05, 3.63) is 24.2 Å². The average Bonchev–Trinajstić information content (AvgIpc) is 3.01. The van der Waals surface area contributed by atoms with Gasteiger partial charge in [-0.15, -0.1) is 0 Å². The minimum absolute atomic E-state index is 0.347.